The molecule has 1 heterocycles. The molecule has 0 radical (unpaired) electrons. The minimum Gasteiger partial charge on any atom is -0.395 e. The average molecular weight is 158 g/mol. The zero-order chi connectivity index (χ0) is 8.48. The fraction of sp³-hybridized carbons (Fsp3) is 0.857. The minimum atomic E-state index is -0.153. The number of aliphatic hydroxyl groups excluding tert-OH is 1. The Morgan fingerprint density at radius 2 is 2.36 bits per heavy atom. The van der Waals surface area contributed by atoms with E-state index in [0.29, 0.717) is 13.1 Å². The van der Waals surface area contributed by atoms with Crippen molar-refractivity contribution >= 4 is 6.03 Å². The lowest BCUT2D eigenvalue weighted by Gasteiger charge is -2.28. The van der Waals surface area contributed by atoms with Gasteiger partial charge in [0.05, 0.1) is 12.1 Å². The van der Waals surface area contributed by atoms with Gasteiger partial charge in [-0.25, -0.2) is 4.79 Å². The SMILES string of the molecule is CC1(C)CNC(=O)N1CCO. The van der Waals surface area contributed by atoms with E-state index in [9.17, 15) is 4.79 Å². The highest BCUT2D eigenvalue weighted by Crippen LogP contribution is 2.17. The molecule has 1 saturated heterocycles. The molecule has 1 aliphatic rings. The van der Waals surface area contributed by atoms with E-state index in [1.807, 2.05) is 13.8 Å². The lowest BCUT2D eigenvalue weighted by Crippen LogP contribution is -2.43. The first kappa shape index (κ1) is 8.33. The number of hydrogen-bond donors (Lipinski definition) is 2. The van der Waals surface area contributed by atoms with Gasteiger partial charge in [0.25, 0.3) is 0 Å². The van der Waals surface area contributed by atoms with Crippen molar-refractivity contribution < 1.29 is 9.90 Å². The highest BCUT2D eigenvalue weighted by Gasteiger charge is 2.36. The number of nitrogens with zero attached hydrogens (tertiary/aromatic N) is 1. The van der Waals surface area contributed by atoms with E-state index in [2.05, 4.69) is 5.32 Å². The third-order valence-corrected chi connectivity index (χ3v) is 1.97. The molecule has 4 nitrogen and oxygen atoms in total. The molecule has 4 heteroatoms. The van der Waals surface area contributed by atoms with E-state index in [1.165, 1.54) is 0 Å². The second-order valence-corrected chi connectivity index (χ2v) is 3.35. The topological polar surface area (TPSA) is 52.6 Å². The fourth-order valence-corrected chi connectivity index (χ4v) is 1.26. The van der Waals surface area contributed by atoms with Crippen LogP contribution in [0.3, 0.4) is 0 Å². The highest BCUT2D eigenvalue weighted by molar-refractivity contribution is 5.77. The molecule has 0 aliphatic carbocycles. The first-order chi connectivity index (χ1) is 5.08. The van der Waals surface area contributed by atoms with Gasteiger partial charge in [-0.2, -0.15) is 0 Å². The van der Waals surface area contributed by atoms with Crippen LogP contribution >= 0.6 is 0 Å². The van der Waals surface area contributed by atoms with Gasteiger partial charge in [0.2, 0.25) is 0 Å². The summed E-state index contributed by atoms with van der Waals surface area (Å²) in [4.78, 5) is 12.7. The number of urea groups is 1. The number of rotatable bonds is 2. The van der Waals surface area contributed by atoms with E-state index in [4.69, 9.17) is 5.11 Å². The van der Waals surface area contributed by atoms with E-state index < -0.39 is 0 Å². The number of carbonyl (C=O) groups is 1. The van der Waals surface area contributed by atoms with Crippen LogP contribution in [-0.2, 0) is 0 Å². The summed E-state index contributed by atoms with van der Waals surface area (Å²) in [6.45, 7) is 5.04. The average Bonchev–Trinajstić information content (AvgIpc) is 2.16. The van der Waals surface area contributed by atoms with Crippen LogP contribution in [-0.4, -0.2) is 41.3 Å². The van der Waals surface area contributed by atoms with Crippen LogP contribution in [0, 0.1) is 0 Å². The van der Waals surface area contributed by atoms with Crippen LogP contribution < -0.4 is 5.32 Å². The molecule has 11 heavy (non-hydrogen) atoms. The Labute approximate surface area is 66.2 Å². The predicted octanol–water partition coefficient (Wildman–Crippen LogP) is -0.217. The van der Waals surface area contributed by atoms with E-state index >= 15 is 0 Å². The molecule has 0 unspecified atom stereocenters. The Balaban J connectivity index is 2.64. The lowest BCUT2D eigenvalue weighted by atomic mass is 10.1. The Morgan fingerprint density at radius 3 is 2.73 bits per heavy atom. The third kappa shape index (κ3) is 1.45. The van der Waals surface area contributed by atoms with Gasteiger partial charge >= 0.3 is 6.03 Å². The summed E-state index contributed by atoms with van der Waals surface area (Å²) in [6.07, 6.45) is 0. The molecule has 0 bridgehead atoms. The standard InChI is InChI=1S/C7H14N2O2/c1-7(2)5-8-6(11)9(7)3-4-10/h10H,3-5H2,1-2H3,(H,8,11). The van der Waals surface area contributed by atoms with Gasteiger partial charge < -0.3 is 15.3 Å². The number of carbonyl (C=O) groups excluding carboxylic acids is 1. The predicted molar refractivity (Wildman–Crippen MR) is 41.3 cm³/mol. The van der Waals surface area contributed by atoms with E-state index in [-0.39, 0.29) is 18.2 Å². The smallest absolute Gasteiger partial charge is 0.318 e. The van der Waals surface area contributed by atoms with Gasteiger partial charge in [-0.15, -0.1) is 0 Å². The summed E-state index contributed by atoms with van der Waals surface area (Å²) in [5.74, 6) is 0. The monoisotopic (exact) mass is 158 g/mol. The zero-order valence-corrected chi connectivity index (χ0v) is 6.92. The summed E-state index contributed by atoms with van der Waals surface area (Å²) in [5.41, 5.74) is -0.153. The third-order valence-electron chi connectivity index (χ3n) is 1.97. The summed E-state index contributed by atoms with van der Waals surface area (Å²) >= 11 is 0. The van der Waals surface area contributed by atoms with Crippen LogP contribution in [0.2, 0.25) is 0 Å². The maximum atomic E-state index is 11.1. The second-order valence-electron chi connectivity index (χ2n) is 3.35. The molecule has 2 amide bonds. The van der Waals surface area contributed by atoms with Crippen molar-refractivity contribution in [3.05, 3.63) is 0 Å². The Bertz CT molecular complexity index is 168. The number of amides is 2. The zero-order valence-electron chi connectivity index (χ0n) is 6.92. The molecule has 0 spiro atoms. The first-order valence-corrected chi connectivity index (χ1v) is 3.74. The molecule has 1 fully saturated rings. The summed E-state index contributed by atoms with van der Waals surface area (Å²) < 4.78 is 0. The van der Waals surface area contributed by atoms with Crippen molar-refractivity contribution in [1.29, 1.82) is 0 Å². The summed E-state index contributed by atoms with van der Waals surface area (Å²) in [5, 5.41) is 11.4. The van der Waals surface area contributed by atoms with Crippen LogP contribution in [0.5, 0.6) is 0 Å². The molecular formula is C7H14N2O2. The molecule has 1 rings (SSSR count). The van der Waals surface area contributed by atoms with Gasteiger partial charge in [0, 0.05) is 13.1 Å². The van der Waals surface area contributed by atoms with Crippen molar-refractivity contribution in [1.82, 2.24) is 10.2 Å². The van der Waals surface area contributed by atoms with Crippen LogP contribution in [0.25, 0.3) is 0 Å². The Kier molecular flexibility index (Phi) is 2.04. The van der Waals surface area contributed by atoms with Gasteiger partial charge in [0.1, 0.15) is 0 Å². The molecule has 0 atom stereocenters. The van der Waals surface area contributed by atoms with Gasteiger partial charge in [-0.3, -0.25) is 0 Å². The maximum Gasteiger partial charge on any atom is 0.318 e. The van der Waals surface area contributed by atoms with E-state index in [1.54, 1.807) is 4.90 Å². The van der Waals surface area contributed by atoms with Crippen molar-refractivity contribution in [2.24, 2.45) is 0 Å². The number of hydrogen-bond acceptors (Lipinski definition) is 2. The van der Waals surface area contributed by atoms with Gasteiger partial charge in [0.15, 0.2) is 0 Å². The number of β-amino-alcohol motifs (C(OH)–C–C–N with tert-alkyl or cyclic N) is 1. The fourth-order valence-electron chi connectivity index (χ4n) is 1.26. The largest absolute Gasteiger partial charge is 0.395 e. The Morgan fingerprint density at radius 1 is 1.73 bits per heavy atom. The van der Waals surface area contributed by atoms with Crippen molar-refractivity contribution in [3.63, 3.8) is 0 Å². The molecule has 1 aliphatic heterocycles. The molecule has 2 N–H and O–H groups in total. The number of aliphatic hydroxyl groups is 1. The van der Waals surface area contributed by atoms with Gasteiger partial charge in [-0.05, 0) is 13.8 Å². The first-order valence-electron chi connectivity index (χ1n) is 3.74. The quantitative estimate of drug-likeness (QED) is 0.584. The molecular weight excluding hydrogens is 144 g/mol. The number of nitrogens with one attached hydrogen (secondary N) is 1. The highest BCUT2D eigenvalue weighted by atomic mass is 16.3. The summed E-state index contributed by atoms with van der Waals surface area (Å²) in [7, 11) is 0. The molecule has 0 aromatic rings. The Hall–Kier alpha value is -0.770. The maximum absolute atomic E-state index is 11.1. The van der Waals surface area contributed by atoms with Crippen LogP contribution in [0.1, 0.15) is 13.8 Å². The summed E-state index contributed by atoms with van der Waals surface area (Å²) in [6, 6.07) is -0.0796. The van der Waals surface area contributed by atoms with Crippen molar-refractivity contribution in [2.75, 3.05) is 19.7 Å². The van der Waals surface area contributed by atoms with Crippen LogP contribution in [0.15, 0.2) is 0 Å². The molecule has 0 saturated carbocycles. The molecule has 64 valence electrons. The van der Waals surface area contributed by atoms with Crippen molar-refractivity contribution in [3.8, 4) is 0 Å². The molecule has 0 aromatic carbocycles. The van der Waals surface area contributed by atoms with Crippen LogP contribution in [0.4, 0.5) is 4.79 Å². The lowest BCUT2D eigenvalue weighted by molar-refractivity contribution is 0.150. The second kappa shape index (κ2) is 2.70. The van der Waals surface area contributed by atoms with Gasteiger partial charge in [-0.1, -0.05) is 0 Å². The van der Waals surface area contributed by atoms with Crippen molar-refractivity contribution in [2.45, 2.75) is 19.4 Å². The minimum absolute atomic E-state index is 0.0247. The molecule has 0 aromatic heterocycles. The normalized spacial score (nSPS) is 22.1. The van der Waals surface area contributed by atoms with E-state index in [0.717, 1.165) is 0 Å².